The van der Waals surface area contributed by atoms with Crippen LogP contribution in [0.15, 0.2) is 42.9 Å². The van der Waals surface area contributed by atoms with E-state index >= 15 is 0 Å². The molecule has 0 radical (unpaired) electrons. The molecule has 2 rings (SSSR count). The molecule has 2 N–H and O–H groups in total. The van der Waals surface area contributed by atoms with Crippen molar-refractivity contribution in [1.82, 2.24) is 15.3 Å². The van der Waals surface area contributed by atoms with Gasteiger partial charge in [-0.2, -0.15) is 0 Å². The van der Waals surface area contributed by atoms with Crippen LogP contribution in [0, 0.1) is 0 Å². The van der Waals surface area contributed by atoms with Gasteiger partial charge in [0.1, 0.15) is 11.6 Å². The Balaban J connectivity index is 1.81. The van der Waals surface area contributed by atoms with Crippen molar-refractivity contribution in [2.45, 2.75) is 0 Å². The molecule has 1 heterocycles. The molecule has 6 nitrogen and oxygen atoms in total. The maximum atomic E-state index is 12.0. The van der Waals surface area contributed by atoms with E-state index in [4.69, 9.17) is 4.74 Å². The summed E-state index contributed by atoms with van der Waals surface area (Å²) < 4.78 is 5.15. The minimum atomic E-state index is -0.164. The fourth-order valence-corrected chi connectivity index (χ4v) is 1.68. The molecule has 0 atom stereocenters. The van der Waals surface area contributed by atoms with Crippen molar-refractivity contribution >= 4 is 11.7 Å². The summed E-state index contributed by atoms with van der Waals surface area (Å²) in [6.07, 6.45) is 4.84. The highest BCUT2D eigenvalue weighted by molar-refractivity contribution is 5.96. The van der Waals surface area contributed by atoms with Crippen LogP contribution in [0.3, 0.4) is 0 Å². The van der Waals surface area contributed by atoms with Crippen LogP contribution in [-0.4, -0.2) is 36.1 Å². The smallest absolute Gasteiger partial charge is 0.255 e. The minimum absolute atomic E-state index is 0.164. The minimum Gasteiger partial charge on any atom is -0.496 e. The van der Waals surface area contributed by atoms with Crippen molar-refractivity contribution in [1.29, 1.82) is 0 Å². The van der Waals surface area contributed by atoms with Crippen molar-refractivity contribution in [3.8, 4) is 5.75 Å². The summed E-state index contributed by atoms with van der Waals surface area (Å²) in [4.78, 5) is 20.0. The molecule has 0 aliphatic heterocycles. The largest absolute Gasteiger partial charge is 0.496 e. The maximum absolute atomic E-state index is 12.0. The third kappa shape index (κ3) is 3.68. The average molecular weight is 272 g/mol. The number of methoxy groups -OCH3 is 1. The Morgan fingerprint density at radius 3 is 2.85 bits per heavy atom. The van der Waals surface area contributed by atoms with Crippen LogP contribution in [0.25, 0.3) is 0 Å². The molecule has 20 heavy (non-hydrogen) atoms. The number of ether oxygens (including phenoxy) is 1. The second kappa shape index (κ2) is 7.08. The molecular weight excluding hydrogens is 256 g/mol. The first kappa shape index (κ1) is 13.8. The van der Waals surface area contributed by atoms with Gasteiger partial charge in [-0.15, -0.1) is 0 Å². The molecule has 1 amide bonds. The summed E-state index contributed by atoms with van der Waals surface area (Å²) in [5.74, 6) is 1.08. The molecule has 0 aliphatic rings. The van der Waals surface area contributed by atoms with Gasteiger partial charge in [-0.25, -0.2) is 4.98 Å². The highest BCUT2D eigenvalue weighted by Crippen LogP contribution is 2.16. The van der Waals surface area contributed by atoms with Crippen LogP contribution in [0.1, 0.15) is 10.4 Å². The summed E-state index contributed by atoms with van der Waals surface area (Å²) in [6, 6.07) is 7.11. The van der Waals surface area contributed by atoms with Gasteiger partial charge >= 0.3 is 0 Å². The second-order valence-electron chi connectivity index (χ2n) is 3.97. The van der Waals surface area contributed by atoms with E-state index in [1.165, 1.54) is 0 Å². The molecule has 1 aromatic heterocycles. The SMILES string of the molecule is COc1ccccc1C(=O)NCCNc1cnccn1. The number of anilines is 1. The number of rotatable bonds is 6. The fourth-order valence-electron chi connectivity index (χ4n) is 1.68. The van der Waals surface area contributed by atoms with Gasteiger partial charge < -0.3 is 15.4 Å². The number of hydrogen-bond donors (Lipinski definition) is 2. The number of benzene rings is 1. The summed E-state index contributed by atoms with van der Waals surface area (Å²) in [6.45, 7) is 1.05. The van der Waals surface area contributed by atoms with E-state index in [0.29, 0.717) is 30.2 Å². The predicted octanol–water partition coefficient (Wildman–Crippen LogP) is 1.33. The number of carbonyl (C=O) groups excluding carboxylic acids is 1. The first-order valence-electron chi connectivity index (χ1n) is 6.22. The summed E-state index contributed by atoms with van der Waals surface area (Å²) in [5, 5.41) is 5.87. The molecule has 2 aromatic rings. The first-order valence-corrected chi connectivity index (χ1v) is 6.22. The summed E-state index contributed by atoms with van der Waals surface area (Å²) in [5.41, 5.74) is 0.523. The zero-order chi connectivity index (χ0) is 14.2. The van der Waals surface area contributed by atoms with Crippen molar-refractivity contribution in [3.63, 3.8) is 0 Å². The highest BCUT2D eigenvalue weighted by Gasteiger charge is 2.10. The average Bonchev–Trinajstić information content (AvgIpc) is 2.52. The van der Waals surface area contributed by atoms with Gasteiger partial charge in [0.05, 0.1) is 18.9 Å². The molecule has 1 aromatic carbocycles. The molecule has 6 heteroatoms. The molecule has 104 valence electrons. The molecule has 0 saturated carbocycles. The number of para-hydroxylation sites is 1. The van der Waals surface area contributed by atoms with Gasteiger partial charge in [0.25, 0.3) is 5.91 Å². The van der Waals surface area contributed by atoms with Gasteiger partial charge in [0.15, 0.2) is 0 Å². The lowest BCUT2D eigenvalue weighted by Gasteiger charge is -2.09. The Bertz CT molecular complexity index is 560. The number of nitrogens with zero attached hydrogens (tertiary/aromatic N) is 2. The Hall–Kier alpha value is -2.63. The van der Waals surface area contributed by atoms with Crippen LogP contribution in [-0.2, 0) is 0 Å². The zero-order valence-electron chi connectivity index (χ0n) is 11.2. The van der Waals surface area contributed by atoms with E-state index in [0.717, 1.165) is 0 Å². The Kier molecular flexibility index (Phi) is 4.88. The van der Waals surface area contributed by atoms with Gasteiger partial charge in [0, 0.05) is 25.5 Å². The lowest BCUT2D eigenvalue weighted by Crippen LogP contribution is -2.29. The molecule has 0 aliphatic carbocycles. The lowest BCUT2D eigenvalue weighted by molar-refractivity contribution is 0.0952. The highest BCUT2D eigenvalue weighted by atomic mass is 16.5. The van der Waals surface area contributed by atoms with Gasteiger partial charge in [-0.3, -0.25) is 9.78 Å². The van der Waals surface area contributed by atoms with E-state index in [-0.39, 0.29) is 5.91 Å². The predicted molar refractivity (Wildman–Crippen MR) is 75.8 cm³/mol. The van der Waals surface area contributed by atoms with Gasteiger partial charge in [-0.05, 0) is 12.1 Å². The monoisotopic (exact) mass is 272 g/mol. The van der Waals surface area contributed by atoms with Gasteiger partial charge in [-0.1, -0.05) is 12.1 Å². The van der Waals surface area contributed by atoms with Crippen LogP contribution in [0.4, 0.5) is 5.82 Å². The van der Waals surface area contributed by atoms with Gasteiger partial charge in [0.2, 0.25) is 0 Å². The molecule has 0 spiro atoms. The van der Waals surface area contributed by atoms with Crippen molar-refractivity contribution in [2.75, 3.05) is 25.5 Å². The quantitative estimate of drug-likeness (QED) is 0.776. The van der Waals surface area contributed by atoms with E-state index in [1.807, 2.05) is 6.07 Å². The standard InChI is InChI=1S/C14H16N4O2/c1-20-12-5-3-2-4-11(12)14(19)18-9-8-17-13-10-15-6-7-16-13/h2-7,10H,8-9H2,1H3,(H,16,17)(H,18,19). The second-order valence-corrected chi connectivity index (χ2v) is 3.97. The zero-order valence-corrected chi connectivity index (χ0v) is 11.2. The van der Waals surface area contributed by atoms with Crippen molar-refractivity contribution < 1.29 is 9.53 Å². The van der Waals surface area contributed by atoms with Crippen molar-refractivity contribution in [3.05, 3.63) is 48.4 Å². The third-order valence-corrected chi connectivity index (χ3v) is 2.63. The van der Waals surface area contributed by atoms with Crippen LogP contribution in [0.5, 0.6) is 5.75 Å². The van der Waals surface area contributed by atoms with Crippen LogP contribution >= 0.6 is 0 Å². The van der Waals surface area contributed by atoms with E-state index in [9.17, 15) is 4.79 Å². The molecule has 0 saturated heterocycles. The van der Waals surface area contributed by atoms with Crippen LogP contribution < -0.4 is 15.4 Å². The number of amides is 1. The molecule has 0 fully saturated rings. The van der Waals surface area contributed by atoms with E-state index in [2.05, 4.69) is 20.6 Å². The molecular formula is C14H16N4O2. The number of hydrogen-bond acceptors (Lipinski definition) is 5. The normalized spacial score (nSPS) is 9.85. The first-order chi connectivity index (χ1) is 9.81. The molecule has 0 bridgehead atoms. The van der Waals surface area contributed by atoms with E-state index < -0.39 is 0 Å². The van der Waals surface area contributed by atoms with E-state index in [1.54, 1.807) is 43.9 Å². The maximum Gasteiger partial charge on any atom is 0.255 e. The fraction of sp³-hybridized carbons (Fsp3) is 0.214. The Morgan fingerprint density at radius 2 is 2.10 bits per heavy atom. The molecule has 0 unspecified atom stereocenters. The van der Waals surface area contributed by atoms with Crippen LogP contribution in [0.2, 0.25) is 0 Å². The summed E-state index contributed by atoms with van der Waals surface area (Å²) >= 11 is 0. The summed E-state index contributed by atoms with van der Waals surface area (Å²) in [7, 11) is 1.54. The Labute approximate surface area is 117 Å². The number of aromatic nitrogens is 2. The van der Waals surface area contributed by atoms with Crippen molar-refractivity contribution in [2.24, 2.45) is 0 Å². The topological polar surface area (TPSA) is 76.1 Å². The number of carbonyl (C=O) groups is 1. The lowest BCUT2D eigenvalue weighted by atomic mass is 10.2. The number of nitrogens with one attached hydrogen (secondary N) is 2. The Morgan fingerprint density at radius 1 is 1.25 bits per heavy atom. The third-order valence-electron chi connectivity index (χ3n) is 2.63.